The van der Waals surface area contributed by atoms with E-state index in [-0.39, 0.29) is 11.9 Å². The molecule has 0 saturated carbocycles. The number of hydrogen-bond donors (Lipinski definition) is 1. The number of aryl methyl sites for hydroxylation is 1. The van der Waals surface area contributed by atoms with Crippen molar-refractivity contribution < 1.29 is 4.79 Å². The van der Waals surface area contributed by atoms with Crippen molar-refractivity contribution in [1.29, 1.82) is 0 Å². The monoisotopic (exact) mass is 283 g/mol. The number of nitrogens with one attached hydrogen (secondary N) is 1. The average molecular weight is 283 g/mol. The van der Waals surface area contributed by atoms with Crippen molar-refractivity contribution in [3.05, 3.63) is 48.0 Å². The summed E-state index contributed by atoms with van der Waals surface area (Å²) in [6.07, 6.45) is 4.26. The first-order valence-electron chi connectivity index (χ1n) is 6.99. The van der Waals surface area contributed by atoms with Gasteiger partial charge in [0.25, 0.3) is 5.91 Å². The Kier molecular flexibility index (Phi) is 3.77. The van der Waals surface area contributed by atoms with Crippen LogP contribution >= 0.6 is 0 Å². The molecule has 2 aromatic heterocycles. The third-order valence-electron chi connectivity index (χ3n) is 3.49. The molecule has 1 aliphatic heterocycles. The standard InChI is InChI=1S/C15H17N5O/c1-11-5-8-17-15(18-11)19-12-6-9-20(10-12)14(21)13-4-2-3-7-16-13/h2-5,7-8,12H,6,9-10H2,1H3,(H,17,18,19)/t12-/m0/s1. The Morgan fingerprint density at radius 1 is 1.29 bits per heavy atom. The molecular weight excluding hydrogens is 266 g/mol. The van der Waals surface area contributed by atoms with Gasteiger partial charge in [-0.3, -0.25) is 9.78 Å². The Balaban J connectivity index is 1.62. The van der Waals surface area contributed by atoms with Crippen molar-refractivity contribution in [3.63, 3.8) is 0 Å². The molecular formula is C15H17N5O. The predicted octanol–water partition coefficient (Wildman–Crippen LogP) is 1.51. The Morgan fingerprint density at radius 2 is 2.19 bits per heavy atom. The summed E-state index contributed by atoms with van der Waals surface area (Å²) in [5, 5.41) is 3.28. The summed E-state index contributed by atoms with van der Waals surface area (Å²) in [4.78, 5) is 26.7. The van der Waals surface area contributed by atoms with Crippen LogP contribution < -0.4 is 5.32 Å². The number of pyridine rings is 1. The lowest BCUT2D eigenvalue weighted by molar-refractivity contribution is 0.0786. The van der Waals surface area contributed by atoms with Crippen molar-refractivity contribution in [3.8, 4) is 0 Å². The van der Waals surface area contributed by atoms with E-state index in [0.717, 1.165) is 18.7 Å². The number of nitrogens with zero attached hydrogens (tertiary/aromatic N) is 4. The van der Waals surface area contributed by atoms with Gasteiger partial charge in [-0.2, -0.15) is 0 Å². The van der Waals surface area contributed by atoms with Crippen LogP contribution in [0.4, 0.5) is 5.95 Å². The molecule has 0 aromatic carbocycles. The number of aromatic nitrogens is 3. The van der Waals surface area contributed by atoms with Crippen LogP contribution in [0.25, 0.3) is 0 Å². The van der Waals surface area contributed by atoms with Crippen molar-refractivity contribution in [2.75, 3.05) is 18.4 Å². The second-order valence-corrected chi connectivity index (χ2v) is 5.12. The van der Waals surface area contributed by atoms with Crippen molar-refractivity contribution in [2.45, 2.75) is 19.4 Å². The summed E-state index contributed by atoms with van der Waals surface area (Å²) < 4.78 is 0. The smallest absolute Gasteiger partial charge is 0.272 e. The van der Waals surface area contributed by atoms with Crippen molar-refractivity contribution in [2.24, 2.45) is 0 Å². The first-order chi connectivity index (χ1) is 10.2. The molecule has 108 valence electrons. The summed E-state index contributed by atoms with van der Waals surface area (Å²) in [7, 11) is 0. The van der Waals surface area contributed by atoms with Crippen molar-refractivity contribution in [1.82, 2.24) is 19.9 Å². The van der Waals surface area contributed by atoms with Gasteiger partial charge in [0.1, 0.15) is 5.69 Å². The summed E-state index contributed by atoms with van der Waals surface area (Å²) in [5.41, 5.74) is 1.41. The van der Waals surface area contributed by atoms with E-state index in [1.54, 1.807) is 24.5 Å². The van der Waals surface area contributed by atoms with Crippen LogP contribution in [-0.4, -0.2) is 44.9 Å². The lowest BCUT2D eigenvalue weighted by atomic mass is 10.3. The lowest BCUT2D eigenvalue weighted by Gasteiger charge is -2.16. The number of carbonyl (C=O) groups excluding carboxylic acids is 1. The highest BCUT2D eigenvalue weighted by Crippen LogP contribution is 2.15. The molecule has 0 bridgehead atoms. The van der Waals surface area contributed by atoms with E-state index < -0.39 is 0 Å². The van der Waals surface area contributed by atoms with E-state index in [1.165, 1.54) is 0 Å². The highest BCUT2D eigenvalue weighted by molar-refractivity contribution is 5.92. The summed E-state index contributed by atoms with van der Waals surface area (Å²) in [6, 6.07) is 7.41. The number of amides is 1. The first kappa shape index (κ1) is 13.5. The van der Waals surface area contributed by atoms with Gasteiger partial charge in [-0.15, -0.1) is 0 Å². The quantitative estimate of drug-likeness (QED) is 0.924. The van der Waals surface area contributed by atoms with Gasteiger partial charge >= 0.3 is 0 Å². The van der Waals surface area contributed by atoms with Gasteiger partial charge in [0.15, 0.2) is 0 Å². The van der Waals surface area contributed by atoms with Gasteiger partial charge in [0, 0.05) is 37.2 Å². The molecule has 0 aliphatic carbocycles. The molecule has 1 atom stereocenters. The Morgan fingerprint density at radius 3 is 2.95 bits per heavy atom. The Hall–Kier alpha value is -2.50. The summed E-state index contributed by atoms with van der Waals surface area (Å²) >= 11 is 0. The van der Waals surface area contributed by atoms with Gasteiger partial charge in [-0.05, 0) is 31.5 Å². The minimum atomic E-state index is -0.0231. The summed E-state index contributed by atoms with van der Waals surface area (Å²) in [6.45, 7) is 3.30. The largest absolute Gasteiger partial charge is 0.350 e. The molecule has 3 rings (SSSR count). The second-order valence-electron chi connectivity index (χ2n) is 5.12. The van der Waals surface area contributed by atoms with Crippen LogP contribution in [0, 0.1) is 6.92 Å². The number of hydrogen-bond acceptors (Lipinski definition) is 5. The number of likely N-dealkylation sites (tertiary alicyclic amines) is 1. The molecule has 21 heavy (non-hydrogen) atoms. The topological polar surface area (TPSA) is 71.0 Å². The van der Waals surface area contributed by atoms with Crippen LogP contribution in [-0.2, 0) is 0 Å². The maximum Gasteiger partial charge on any atom is 0.272 e. The van der Waals surface area contributed by atoms with E-state index >= 15 is 0 Å². The van der Waals surface area contributed by atoms with Crippen LogP contribution in [0.1, 0.15) is 22.6 Å². The van der Waals surface area contributed by atoms with Gasteiger partial charge in [0.2, 0.25) is 5.95 Å². The number of anilines is 1. The minimum Gasteiger partial charge on any atom is -0.350 e. The van der Waals surface area contributed by atoms with E-state index in [0.29, 0.717) is 18.2 Å². The zero-order valence-electron chi connectivity index (χ0n) is 11.9. The zero-order chi connectivity index (χ0) is 14.7. The SMILES string of the molecule is Cc1ccnc(N[C@H]2CCN(C(=O)c3ccccn3)C2)n1. The van der Waals surface area contributed by atoms with E-state index in [4.69, 9.17) is 0 Å². The average Bonchev–Trinajstić information content (AvgIpc) is 2.96. The highest BCUT2D eigenvalue weighted by Gasteiger charge is 2.27. The van der Waals surface area contributed by atoms with Crippen LogP contribution in [0.3, 0.4) is 0 Å². The normalized spacial score (nSPS) is 17.8. The third-order valence-corrected chi connectivity index (χ3v) is 3.49. The number of rotatable bonds is 3. The predicted molar refractivity (Wildman–Crippen MR) is 78.9 cm³/mol. The molecule has 1 N–H and O–H groups in total. The molecule has 0 unspecified atom stereocenters. The molecule has 1 aliphatic rings. The van der Waals surface area contributed by atoms with E-state index in [9.17, 15) is 4.79 Å². The molecule has 0 radical (unpaired) electrons. The van der Waals surface area contributed by atoms with Gasteiger partial charge in [0.05, 0.1) is 0 Å². The highest BCUT2D eigenvalue weighted by atomic mass is 16.2. The number of carbonyl (C=O) groups is 1. The maximum atomic E-state index is 12.3. The Bertz CT molecular complexity index is 631. The van der Waals surface area contributed by atoms with Gasteiger partial charge in [-0.25, -0.2) is 9.97 Å². The van der Waals surface area contributed by atoms with Crippen LogP contribution in [0.5, 0.6) is 0 Å². The minimum absolute atomic E-state index is 0.0231. The Labute approximate surface area is 123 Å². The maximum absolute atomic E-state index is 12.3. The third kappa shape index (κ3) is 3.16. The zero-order valence-corrected chi connectivity index (χ0v) is 11.9. The van der Waals surface area contributed by atoms with Gasteiger partial charge in [-0.1, -0.05) is 6.07 Å². The summed E-state index contributed by atoms with van der Waals surface area (Å²) in [5.74, 6) is 0.595. The van der Waals surface area contributed by atoms with Gasteiger partial charge < -0.3 is 10.2 Å². The lowest BCUT2D eigenvalue weighted by Crippen LogP contribution is -2.32. The van der Waals surface area contributed by atoms with Crippen molar-refractivity contribution >= 4 is 11.9 Å². The van der Waals surface area contributed by atoms with Crippen LogP contribution in [0.15, 0.2) is 36.7 Å². The fourth-order valence-corrected chi connectivity index (χ4v) is 2.41. The first-order valence-corrected chi connectivity index (χ1v) is 6.99. The fraction of sp³-hybridized carbons (Fsp3) is 0.333. The van der Waals surface area contributed by atoms with E-state index in [2.05, 4.69) is 20.3 Å². The fourth-order valence-electron chi connectivity index (χ4n) is 2.41. The molecule has 1 saturated heterocycles. The molecule has 6 heteroatoms. The van der Waals surface area contributed by atoms with Crippen LogP contribution in [0.2, 0.25) is 0 Å². The molecule has 0 spiro atoms. The second kappa shape index (κ2) is 5.87. The molecule has 1 fully saturated rings. The molecule has 6 nitrogen and oxygen atoms in total. The van der Waals surface area contributed by atoms with E-state index in [1.807, 2.05) is 24.0 Å². The molecule has 2 aromatic rings. The molecule has 3 heterocycles. The molecule has 1 amide bonds.